The Morgan fingerprint density at radius 2 is 2.00 bits per heavy atom. The van der Waals surface area contributed by atoms with E-state index in [9.17, 15) is 18.8 Å². The van der Waals surface area contributed by atoms with E-state index in [1.165, 1.54) is 16.7 Å². The summed E-state index contributed by atoms with van der Waals surface area (Å²) in [6, 6.07) is 10.6. The summed E-state index contributed by atoms with van der Waals surface area (Å²) in [5.74, 6) is -0.812. The maximum atomic E-state index is 13.3. The van der Waals surface area contributed by atoms with Crippen LogP contribution in [0.1, 0.15) is 24.9 Å². The van der Waals surface area contributed by atoms with Crippen molar-refractivity contribution < 1.29 is 9.18 Å². The summed E-state index contributed by atoms with van der Waals surface area (Å²) >= 11 is 5.77. The fourth-order valence-electron chi connectivity index (χ4n) is 2.86. The van der Waals surface area contributed by atoms with Gasteiger partial charge in [0.05, 0.1) is 22.0 Å². The van der Waals surface area contributed by atoms with Crippen LogP contribution in [0.3, 0.4) is 0 Å². The molecule has 0 aliphatic carbocycles. The van der Waals surface area contributed by atoms with Crippen molar-refractivity contribution in [3.63, 3.8) is 0 Å². The van der Waals surface area contributed by atoms with Crippen molar-refractivity contribution in [2.45, 2.75) is 25.9 Å². The minimum atomic E-state index is -0.565. The van der Waals surface area contributed by atoms with E-state index in [1.54, 1.807) is 37.3 Å². The van der Waals surface area contributed by atoms with Crippen LogP contribution in [0.25, 0.3) is 10.9 Å². The van der Waals surface area contributed by atoms with Crippen molar-refractivity contribution in [3.05, 3.63) is 79.7 Å². The molecule has 1 atom stereocenters. The number of aromatic nitrogens is 2. The van der Waals surface area contributed by atoms with E-state index in [1.807, 2.05) is 0 Å². The lowest BCUT2D eigenvalue weighted by atomic mass is 10.1. The highest BCUT2D eigenvalue weighted by Crippen LogP contribution is 2.20. The second-order valence-corrected chi connectivity index (χ2v) is 6.55. The Morgan fingerprint density at radius 1 is 1.26 bits per heavy atom. The predicted molar refractivity (Wildman–Crippen MR) is 101 cm³/mol. The zero-order chi connectivity index (χ0) is 19.6. The summed E-state index contributed by atoms with van der Waals surface area (Å²) in [5.41, 5.74) is 0.113. The Labute approximate surface area is 158 Å². The summed E-state index contributed by atoms with van der Waals surface area (Å²) in [7, 11) is 0. The molecule has 1 heterocycles. The van der Waals surface area contributed by atoms with Crippen LogP contribution in [0.15, 0.2) is 52.1 Å². The third-order valence-electron chi connectivity index (χ3n) is 4.29. The molecule has 27 heavy (non-hydrogen) atoms. The normalized spacial score (nSPS) is 12.1. The number of para-hydroxylation sites is 1. The van der Waals surface area contributed by atoms with Crippen LogP contribution in [0, 0.1) is 5.82 Å². The van der Waals surface area contributed by atoms with Gasteiger partial charge in [-0.05, 0) is 36.8 Å². The third kappa shape index (κ3) is 4.09. The Hall–Kier alpha value is -2.93. The molecular weight excluding hydrogens is 373 g/mol. The van der Waals surface area contributed by atoms with E-state index in [2.05, 4.69) is 10.3 Å². The van der Waals surface area contributed by atoms with Gasteiger partial charge in [-0.2, -0.15) is 0 Å². The first-order valence-electron chi connectivity index (χ1n) is 8.33. The van der Waals surface area contributed by atoms with Gasteiger partial charge in [0.2, 0.25) is 5.91 Å². The highest BCUT2D eigenvalue weighted by atomic mass is 35.5. The zero-order valence-corrected chi connectivity index (χ0v) is 15.2. The van der Waals surface area contributed by atoms with E-state index in [-0.39, 0.29) is 29.9 Å². The second-order valence-electron chi connectivity index (χ2n) is 6.14. The van der Waals surface area contributed by atoms with E-state index < -0.39 is 17.1 Å². The number of rotatable bonds is 5. The van der Waals surface area contributed by atoms with Crippen molar-refractivity contribution in [3.8, 4) is 0 Å². The monoisotopic (exact) mass is 389 g/mol. The van der Waals surface area contributed by atoms with Crippen molar-refractivity contribution in [1.29, 1.82) is 0 Å². The molecule has 0 spiro atoms. The van der Waals surface area contributed by atoms with Gasteiger partial charge in [0, 0.05) is 13.0 Å². The van der Waals surface area contributed by atoms with Crippen molar-refractivity contribution >= 4 is 28.4 Å². The quantitative estimate of drug-likeness (QED) is 0.703. The molecule has 0 radical (unpaired) electrons. The lowest BCUT2D eigenvalue weighted by Gasteiger charge is -2.15. The fourth-order valence-corrected chi connectivity index (χ4v) is 3.05. The third-order valence-corrected chi connectivity index (χ3v) is 4.58. The van der Waals surface area contributed by atoms with Crippen LogP contribution in [-0.2, 0) is 11.3 Å². The molecule has 140 valence electrons. The van der Waals surface area contributed by atoms with Gasteiger partial charge in [0.1, 0.15) is 5.82 Å². The maximum Gasteiger partial charge on any atom is 0.328 e. The summed E-state index contributed by atoms with van der Waals surface area (Å²) in [4.78, 5) is 38.5. The molecule has 0 saturated heterocycles. The molecule has 2 N–H and O–H groups in total. The van der Waals surface area contributed by atoms with Crippen molar-refractivity contribution in [2.75, 3.05) is 0 Å². The number of aromatic amines is 1. The Morgan fingerprint density at radius 3 is 2.74 bits per heavy atom. The Bertz CT molecular complexity index is 1120. The average molecular weight is 390 g/mol. The van der Waals surface area contributed by atoms with Gasteiger partial charge in [-0.25, -0.2) is 9.18 Å². The van der Waals surface area contributed by atoms with Gasteiger partial charge in [-0.3, -0.25) is 19.1 Å². The van der Waals surface area contributed by atoms with E-state index in [4.69, 9.17) is 11.6 Å². The topological polar surface area (TPSA) is 84.0 Å². The highest BCUT2D eigenvalue weighted by Gasteiger charge is 2.13. The average Bonchev–Trinajstić information content (AvgIpc) is 2.63. The molecule has 0 unspecified atom stereocenters. The standard InChI is InChI=1S/C19H17ClFN3O3/c1-11(12-6-7-15(21)14(20)10-12)22-17(25)8-9-24-16-5-3-2-4-13(16)18(26)23-19(24)27/h2-7,10-11H,8-9H2,1H3,(H,22,25)(H,23,26,27)/t11-/m1/s1. The van der Waals surface area contributed by atoms with E-state index >= 15 is 0 Å². The van der Waals surface area contributed by atoms with Gasteiger partial charge in [-0.15, -0.1) is 0 Å². The molecule has 0 fully saturated rings. The minimum absolute atomic E-state index is 0.0140. The number of carbonyl (C=O) groups excluding carboxylic acids is 1. The number of nitrogens with zero attached hydrogens (tertiary/aromatic N) is 1. The number of fused-ring (bicyclic) bond motifs is 1. The second kappa shape index (κ2) is 7.75. The van der Waals surface area contributed by atoms with E-state index in [0.717, 1.165) is 0 Å². The number of H-pyrrole nitrogens is 1. The van der Waals surface area contributed by atoms with Crippen LogP contribution < -0.4 is 16.6 Å². The first kappa shape index (κ1) is 18.8. The predicted octanol–water partition coefficient (Wildman–Crippen LogP) is 2.75. The molecule has 0 saturated carbocycles. The summed E-state index contributed by atoms with van der Waals surface area (Å²) in [6.45, 7) is 1.86. The first-order valence-corrected chi connectivity index (χ1v) is 8.71. The van der Waals surface area contributed by atoms with Gasteiger partial charge in [0.15, 0.2) is 0 Å². The van der Waals surface area contributed by atoms with Crippen LogP contribution in [0.2, 0.25) is 5.02 Å². The minimum Gasteiger partial charge on any atom is -0.350 e. The van der Waals surface area contributed by atoms with Crippen molar-refractivity contribution in [2.24, 2.45) is 0 Å². The molecule has 0 aliphatic rings. The number of hydrogen-bond acceptors (Lipinski definition) is 3. The molecule has 1 aromatic heterocycles. The molecule has 0 bridgehead atoms. The largest absolute Gasteiger partial charge is 0.350 e. The molecule has 8 heteroatoms. The van der Waals surface area contributed by atoms with Crippen molar-refractivity contribution in [1.82, 2.24) is 14.9 Å². The van der Waals surface area contributed by atoms with Crippen LogP contribution >= 0.6 is 11.6 Å². The number of hydrogen-bond donors (Lipinski definition) is 2. The number of aryl methyl sites for hydroxylation is 1. The summed E-state index contributed by atoms with van der Waals surface area (Å²) in [6.07, 6.45) is 0.0369. The molecule has 6 nitrogen and oxygen atoms in total. The zero-order valence-electron chi connectivity index (χ0n) is 14.5. The first-order chi connectivity index (χ1) is 12.9. The van der Waals surface area contributed by atoms with Crippen LogP contribution in [0.4, 0.5) is 4.39 Å². The Kier molecular flexibility index (Phi) is 5.41. The molecule has 2 aromatic carbocycles. The SMILES string of the molecule is C[C@@H](NC(=O)CCn1c(=O)[nH]c(=O)c2ccccc21)c1ccc(F)c(Cl)c1. The van der Waals surface area contributed by atoms with Gasteiger partial charge in [0.25, 0.3) is 5.56 Å². The maximum absolute atomic E-state index is 13.3. The van der Waals surface area contributed by atoms with Crippen LogP contribution in [-0.4, -0.2) is 15.5 Å². The van der Waals surface area contributed by atoms with Crippen LogP contribution in [0.5, 0.6) is 0 Å². The lowest BCUT2D eigenvalue weighted by Crippen LogP contribution is -2.33. The molecule has 1 amide bonds. The fraction of sp³-hybridized carbons (Fsp3) is 0.211. The van der Waals surface area contributed by atoms with Gasteiger partial charge >= 0.3 is 5.69 Å². The number of halogens is 2. The number of nitrogens with one attached hydrogen (secondary N) is 2. The molecule has 3 aromatic rings. The van der Waals surface area contributed by atoms with Gasteiger partial charge < -0.3 is 5.32 Å². The smallest absolute Gasteiger partial charge is 0.328 e. The summed E-state index contributed by atoms with van der Waals surface area (Å²) < 4.78 is 14.6. The summed E-state index contributed by atoms with van der Waals surface area (Å²) in [5, 5.41) is 3.15. The number of amides is 1. The van der Waals surface area contributed by atoms with E-state index in [0.29, 0.717) is 16.5 Å². The molecule has 3 rings (SSSR count). The number of benzene rings is 2. The molecular formula is C19H17ClFN3O3. The lowest BCUT2D eigenvalue weighted by molar-refractivity contribution is -0.121. The molecule has 0 aliphatic heterocycles. The number of carbonyl (C=O) groups is 1. The van der Waals surface area contributed by atoms with Gasteiger partial charge in [-0.1, -0.05) is 29.8 Å². The Balaban J connectivity index is 1.73. The highest BCUT2D eigenvalue weighted by molar-refractivity contribution is 6.30.